The lowest BCUT2D eigenvalue weighted by Crippen LogP contribution is -2.27. The average Bonchev–Trinajstić information content (AvgIpc) is 3.16. The number of halogens is 1. The summed E-state index contributed by atoms with van der Waals surface area (Å²) in [5.41, 5.74) is 3.97. The molecule has 1 aromatic heterocycles. The lowest BCUT2D eigenvalue weighted by atomic mass is 10.2. The van der Waals surface area contributed by atoms with E-state index in [1.165, 1.54) is 18.0 Å². The van der Waals surface area contributed by atoms with Gasteiger partial charge in [-0.1, -0.05) is 52.0 Å². The van der Waals surface area contributed by atoms with Crippen molar-refractivity contribution < 1.29 is 9.90 Å². The molecule has 2 aromatic carbocycles. The molecule has 0 aliphatic heterocycles. The lowest BCUT2D eigenvalue weighted by molar-refractivity contribution is -0.120. The highest BCUT2D eigenvalue weighted by Gasteiger charge is 2.19. The van der Waals surface area contributed by atoms with Crippen LogP contribution < -0.4 is 10.7 Å². The maximum Gasteiger partial charge on any atom is 0.253 e. The summed E-state index contributed by atoms with van der Waals surface area (Å²) in [6, 6.07) is 14.8. The molecule has 1 atom stereocenters. The van der Waals surface area contributed by atoms with Gasteiger partial charge in [0.25, 0.3) is 5.91 Å². The van der Waals surface area contributed by atoms with E-state index in [0.29, 0.717) is 23.8 Å². The number of amides is 1. The molecule has 0 aliphatic rings. The van der Waals surface area contributed by atoms with Crippen LogP contribution in [0.4, 0.5) is 5.69 Å². The number of rotatable bonds is 10. The highest BCUT2D eigenvalue weighted by atomic mass is 79.9. The lowest BCUT2D eigenvalue weighted by Gasteiger charge is -2.12. The van der Waals surface area contributed by atoms with Crippen LogP contribution in [0.2, 0.25) is 0 Å². The second kappa shape index (κ2) is 11.5. The van der Waals surface area contributed by atoms with E-state index in [0.717, 1.165) is 16.0 Å². The summed E-state index contributed by atoms with van der Waals surface area (Å²) in [6.45, 7) is 6.59. The van der Waals surface area contributed by atoms with E-state index >= 15 is 0 Å². The minimum absolute atomic E-state index is 0.0720. The monoisotopic (exact) mass is 514 g/mol. The average molecular weight is 515 g/mol. The number of phenols is 1. The Kier molecular flexibility index (Phi) is 8.46. The zero-order valence-corrected chi connectivity index (χ0v) is 19.8. The molecule has 32 heavy (non-hydrogen) atoms. The first-order valence-corrected chi connectivity index (χ1v) is 11.4. The largest absolute Gasteiger partial charge is 0.507 e. The number of anilines is 1. The number of hydrazone groups is 1. The molecule has 3 aromatic rings. The molecular weight excluding hydrogens is 492 g/mol. The van der Waals surface area contributed by atoms with E-state index in [2.05, 4.69) is 48.6 Å². The molecular formula is C22H23BrN6O2S. The van der Waals surface area contributed by atoms with Crippen LogP contribution in [0.15, 0.2) is 75.9 Å². The number of aromatic hydroxyl groups is 1. The third-order valence-electron chi connectivity index (χ3n) is 4.35. The van der Waals surface area contributed by atoms with Gasteiger partial charge in [0.15, 0.2) is 11.0 Å². The van der Waals surface area contributed by atoms with Gasteiger partial charge >= 0.3 is 0 Å². The van der Waals surface area contributed by atoms with Crippen LogP contribution in [0.5, 0.6) is 5.75 Å². The Balaban J connectivity index is 1.61. The molecule has 1 heterocycles. The number of para-hydroxylation sites is 1. The van der Waals surface area contributed by atoms with Crippen molar-refractivity contribution in [3.05, 3.63) is 77.0 Å². The van der Waals surface area contributed by atoms with E-state index in [1.807, 2.05) is 34.9 Å². The number of hydrogen-bond donors (Lipinski definition) is 3. The van der Waals surface area contributed by atoms with Gasteiger partial charge in [-0.3, -0.25) is 4.79 Å². The Morgan fingerprint density at radius 2 is 2.09 bits per heavy atom. The maximum atomic E-state index is 12.5. The van der Waals surface area contributed by atoms with Crippen LogP contribution in [-0.2, 0) is 17.9 Å². The van der Waals surface area contributed by atoms with Gasteiger partial charge in [-0.2, -0.15) is 5.10 Å². The molecule has 0 spiro atoms. The highest BCUT2D eigenvalue weighted by Crippen LogP contribution is 2.23. The SMILES string of the molecule is C=CCn1c(CNc2ccccc2)nnc1SC(C)C(=O)N/N=C/c1cc(Br)ccc1O. The second-order valence-electron chi connectivity index (χ2n) is 6.72. The Bertz CT molecular complexity index is 1100. The van der Waals surface area contributed by atoms with E-state index in [1.54, 1.807) is 31.2 Å². The molecule has 10 heteroatoms. The smallest absolute Gasteiger partial charge is 0.253 e. The minimum Gasteiger partial charge on any atom is -0.507 e. The Morgan fingerprint density at radius 3 is 2.84 bits per heavy atom. The standard InChI is InChI=1S/C22H23BrN6O2S/c1-3-11-29-20(14-24-18-7-5-4-6-8-18)26-28-22(29)32-15(2)21(31)27-25-13-16-12-17(23)9-10-19(16)30/h3-10,12-13,15,24,30H,1,11,14H2,2H3,(H,27,31)/b25-13+. The number of nitrogens with one attached hydrogen (secondary N) is 2. The van der Waals surface area contributed by atoms with Crippen LogP contribution in [0.1, 0.15) is 18.3 Å². The molecule has 0 fully saturated rings. The fraction of sp³-hybridized carbons (Fsp3) is 0.182. The summed E-state index contributed by atoms with van der Waals surface area (Å²) in [5.74, 6) is 0.521. The van der Waals surface area contributed by atoms with E-state index < -0.39 is 5.25 Å². The molecule has 0 saturated carbocycles. The predicted molar refractivity (Wildman–Crippen MR) is 131 cm³/mol. The summed E-state index contributed by atoms with van der Waals surface area (Å²) in [4.78, 5) is 12.5. The number of aromatic nitrogens is 3. The van der Waals surface area contributed by atoms with Crippen molar-refractivity contribution in [2.24, 2.45) is 5.10 Å². The number of carbonyl (C=O) groups excluding carboxylic acids is 1. The molecule has 166 valence electrons. The number of phenolic OH excluding ortho intramolecular Hbond substituents is 1. The van der Waals surface area contributed by atoms with Crippen LogP contribution in [0, 0.1) is 0 Å². The Labute approximate surface area is 199 Å². The van der Waals surface area contributed by atoms with E-state index in [-0.39, 0.29) is 11.7 Å². The summed E-state index contributed by atoms with van der Waals surface area (Å²) in [6.07, 6.45) is 3.15. The quantitative estimate of drug-likeness (QED) is 0.162. The van der Waals surface area contributed by atoms with Crippen LogP contribution >= 0.6 is 27.7 Å². The third kappa shape index (κ3) is 6.44. The molecule has 1 amide bonds. The minimum atomic E-state index is -0.467. The Hall–Kier alpha value is -3.11. The number of nitrogens with zero attached hydrogens (tertiary/aromatic N) is 4. The first kappa shape index (κ1) is 23.6. The predicted octanol–water partition coefficient (Wildman–Crippen LogP) is 4.18. The van der Waals surface area contributed by atoms with Crippen molar-refractivity contribution in [1.29, 1.82) is 0 Å². The van der Waals surface area contributed by atoms with E-state index in [9.17, 15) is 9.90 Å². The zero-order chi connectivity index (χ0) is 22.9. The fourth-order valence-corrected chi connectivity index (χ4v) is 3.93. The summed E-state index contributed by atoms with van der Waals surface area (Å²) >= 11 is 4.62. The summed E-state index contributed by atoms with van der Waals surface area (Å²) in [7, 11) is 0. The molecule has 3 rings (SSSR count). The Morgan fingerprint density at radius 1 is 1.31 bits per heavy atom. The van der Waals surface area contributed by atoms with Crippen LogP contribution in [-0.4, -0.2) is 37.2 Å². The normalized spacial score (nSPS) is 11.9. The van der Waals surface area contributed by atoms with Gasteiger partial charge in [0.1, 0.15) is 5.75 Å². The molecule has 3 N–H and O–H groups in total. The van der Waals surface area contributed by atoms with Gasteiger partial charge in [0, 0.05) is 22.3 Å². The first-order valence-electron chi connectivity index (χ1n) is 9.78. The fourth-order valence-electron chi connectivity index (χ4n) is 2.68. The van der Waals surface area contributed by atoms with Gasteiger partial charge in [-0.05, 0) is 37.3 Å². The number of hydrogen-bond acceptors (Lipinski definition) is 7. The van der Waals surface area contributed by atoms with Crippen molar-refractivity contribution in [2.75, 3.05) is 5.32 Å². The van der Waals surface area contributed by atoms with Crippen LogP contribution in [0.25, 0.3) is 0 Å². The summed E-state index contributed by atoms with van der Waals surface area (Å²) < 4.78 is 2.71. The topological polar surface area (TPSA) is 104 Å². The van der Waals surface area contributed by atoms with Crippen LogP contribution in [0.3, 0.4) is 0 Å². The molecule has 1 unspecified atom stereocenters. The maximum absolute atomic E-state index is 12.5. The van der Waals surface area contributed by atoms with Crippen molar-refractivity contribution in [1.82, 2.24) is 20.2 Å². The van der Waals surface area contributed by atoms with Gasteiger partial charge in [0.05, 0.1) is 18.0 Å². The van der Waals surface area contributed by atoms with E-state index in [4.69, 9.17) is 0 Å². The molecule has 0 saturated heterocycles. The molecule has 0 radical (unpaired) electrons. The highest BCUT2D eigenvalue weighted by molar-refractivity contribution is 9.10. The second-order valence-corrected chi connectivity index (χ2v) is 8.94. The number of thioether (sulfide) groups is 1. The van der Waals surface area contributed by atoms with Gasteiger partial charge in [0.2, 0.25) is 0 Å². The number of allylic oxidation sites excluding steroid dienone is 1. The van der Waals surface area contributed by atoms with Gasteiger partial charge in [-0.15, -0.1) is 16.8 Å². The van der Waals surface area contributed by atoms with Crippen molar-refractivity contribution in [3.8, 4) is 5.75 Å². The van der Waals surface area contributed by atoms with Crippen molar-refractivity contribution in [3.63, 3.8) is 0 Å². The number of carbonyl (C=O) groups is 1. The van der Waals surface area contributed by atoms with Crippen molar-refractivity contribution >= 4 is 45.5 Å². The van der Waals surface area contributed by atoms with Gasteiger partial charge in [-0.25, -0.2) is 5.43 Å². The first-order chi connectivity index (χ1) is 15.5. The number of benzene rings is 2. The third-order valence-corrected chi connectivity index (χ3v) is 5.92. The van der Waals surface area contributed by atoms with Gasteiger partial charge < -0.3 is 15.0 Å². The molecule has 0 bridgehead atoms. The molecule has 0 aliphatic carbocycles. The summed E-state index contributed by atoms with van der Waals surface area (Å²) in [5, 5.41) is 25.8. The van der Waals surface area contributed by atoms with Crippen molar-refractivity contribution in [2.45, 2.75) is 30.4 Å². The molecule has 8 nitrogen and oxygen atoms in total. The zero-order valence-electron chi connectivity index (χ0n) is 17.4.